The maximum atomic E-state index is 10.9. The number of terminal acetylenes is 1. The molecule has 60 valence electrons. The van der Waals surface area contributed by atoms with Crippen LogP contribution in [0.5, 0.6) is 0 Å². The molecule has 1 amide bonds. The van der Waals surface area contributed by atoms with E-state index >= 15 is 0 Å². The van der Waals surface area contributed by atoms with Crippen molar-refractivity contribution in [3.05, 3.63) is 0 Å². The van der Waals surface area contributed by atoms with Gasteiger partial charge < -0.3 is 9.64 Å². The quantitative estimate of drug-likeness (QED) is 0.491. The number of carbonyl (C=O) groups is 1. The van der Waals surface area contributed by atoms with Crippen molar-refractivity contribution in [3.8, 4) is 12.3 Å². The summed E-state index contributed by atoms with van der Waals surface area (Å²) in [4.78, 5) is 12.5. The summed E-state index contributed by atoms with van der Waals surface area (Å²) in [5.41, 5.74) is 0. The lowest BCUT2D eigenvalue weighted by atomic mass is 10.3. The van der Waals surface area contributed by atoms with Gasteiger partial charge in [-0.05, 0) is 12.3 Å². The van der Waals surface area contributed by atoms with Crippen LogP contribution >= 0.6 is 0 Å². The zero-order valence-corrected chi connectivity index (χ0v) is 6.54. The first-order valence-electron chi connectivity index (χ1n) is 3.56. The number of amides is 1. The minimum Gasteiger partial charge on any atom is -0.380 e. The Kier molecular flexibility index (Phi) is 2.50. The highest BCUT2D eigenvalue weighted by atomic mass is 16.5. The number of hydrogen-bond donors (Lipinski definition) is 0. The monoisotopic (exact) mass is 153 g/mol. The molecule has 1 fully saturated rings. The first-order chi connectivity index (χ1) is 5.27. The molecule has 0 N–H and O–H groups in total. The number of hydrogen-bond acceptors (Lipinski definition) is 2. The van der Waals surface area contributed by atoms with E-state index in [1.54, 1.807) is 12.0 Å². The van der Waals surface area contributed by atoms with Gasteiger partial charge in [-0.2, -0.15) is 0 Å². The van der Waals surface area contributed by atoms with Crippen LogP contribution in [0.4, 0.5) is 0 Å². The molecule has 0 unspecified atom stereocenters. The highest BCUT2D eigenvalue weighted by Crippen LogP contribution is 2.10. The minimum atomic E-state index is -0.232. The van der Waals surface area contributed by atoms with E-state index in [1.165, 1.54) is 0 Å². The molecule has 0 saturated carbocycles. The predicted octanol–water partition coefficient (Wildman–Crippen LogP) is -0.133. The van der Waals surface area contributed by atoms with Gasteiger partial charge in [0.15, 0.2) is 0 Å². The molecule has 0 aromatic carbocycles. The van der Waals surface area contributed by atoms with Crippen molar-refractivity contribution < 1.29 is 9.53 Å². The Balaban J connectivity index is 2.43. The Labute approximate surface area is 66.3 Å². The Bertz CT molecular complexity index is 195. The normalized spacial score (nSPS) is 23.3. The molecule has 0 aromatic heterocycles. The topological polar surface area (TPSA) is 29.5 Å². The molecule has 0 aromatic rings. The SMILES string of the molecule is C#CC(=O)N1CC[C@H](OC)C1. The predicted molar refractivity (Wildman–Crippen MR) is 40.8 cm³/mol. The Morgan fingerprint density at radius 3 is 3.00 bits per heavy atom. The van der Waals surface area contributed by atoms with Gasteiger partial charge in [-0.15, -0.1) is 6.42 Å². The van der Waals surface area contributed by atoms with E-state index in [4.69, 9.17) is 11.2 Å². The van der Waals surface area contributed by atoms with Crippen LogP contribution in [0.15, 0.2) is 0 Å². The van der Waals surface area contributed by atoms with Crippen LogP contribution in [0.3, 0.4) is 0 Å². The van der Waals surface area contributed by atoms with Gasteiger partial charge in [0.25, 0.3) is 5.91 Å². The second-order valence-electron chi connectivity index (χ2n) is 2.54. The van der Waals surface area contributed by atoms with E-state index in [-0.39, 0.29) is 12.0 Å². The van der Waals surface area contributed by atoms with Crippen molar-refractivity contribution in [3.63, 3.8) is 0 Å². The number of carbonyl (C=O) groups excluding carboxylic acids is 1. The maximum absolute atomic E-state index is 10.9. The van der Waals surface area contributed by atoms with Crippen LogP contribution in [0.25, 0.3) is 0 Å². The highest BCUT2D eigenvalue weighted by molar-refractivity contribution is 5.93. The van der Waals surface area contributed by atoms with Gasteiger partial charge in [0.1, 0.15) is 0 Å². The lowest BCUT2D eigenvalue weighted by Crippen LogP contribution is -2.28. The van der Waals surface area contributed by atoms with E-state index in [0.29, 0.717) is 6.54 Å². The minimum absolute atomic E-state index is 0.173. The number of nitrogens with zero attached hydrogens (tertiary/aromatic N) is 1. The van der Waals surface area contributed by atoms with Gasteiger partial charge >= 0.3 is 0 Å². The van der Waals surface area contributed by atoms with E-state index in [0.717, 1.165) is 13.0 Å². The second kappa shape index (κ2) is 3.40. The third-order valence-corrected chi connectivity index (χ3v) is 1.89. The zero-order valence-electron chi connectivity index (χ0n) is 6.54. The van der Waals surface area contributed by atoms with Crippen molar-refractivity contribution in [2.75, 3.05) is 20.2 Å². The maximum Gasteiger partial charge on any atom is 0.298 e. The Morgan fingerprint density at radius 2 is 2.55 bits per heavy atom. The van der Waals surface area contributed by atoms with E-state index in [9.17, 15) is 4.79 Å². The number of rotatable bonds is 1. The number of ether oxygens (including phenoxy) is 1. The van der Waals surface area contributed by atoms with Crippen LogP contribution in [0.2, 0.25) is 0 Å². The van der Waals surface area contributed by atoms with Crippen molar-refractivity contribution in [2.45, 2.75) is 12.5 Å². The van der Waals surface area contributed by atoms with Gasteiger partial charge in [0, 0.05) is 20.2 Å². The van der Waals surface area contributed by atoms with Gasteiger partial charge in [0.05, 0.1) is 6.10 Å². The molecule has 1 saturated heterocycles. The summed E-state index contributed by atoms with van der Waals surface area (Å²) in [6, 6.07) is 0. The molecule has 0 radical (unpaired) electrons. The van der Waals surface area contributed by atoms with Gasteiger partial charge in [-0.3, -0.25) is 4.79 Å². The average Bonchev–Trinajstić information content (AvgIpc) is 2.50. The second-order valence-corrected chi connectivity index (χ2v) is 2.54. The molecular weight excluding hydrogens is 142 g/mol. The first kappa shape index (κ1) is 8.09. The molecule has 1 rings (SSSR count). The third-order valence-electron chi connectivity index (χ3n) is 1.89. The fraction of sp³-hybridized carbons (Fsp3) is 0.625. The molecule has 1 aliphatic rings. The van der Waals surface area contributed by atoms with Crippen molar-refractivity contribution in [1.82, 2.24) is 4.90 Å². The summed E-state index contributed by atoms with van der Waals surface area (Å²) < 4.78 is 5.07. The number of likely N-dealkylation sites (tertiary alicyclic amines) is 1. The third kappa shape index (κ3) is 1.72. The van der Waals surface area contributed by atoms with E-state index in [2.05, 4.69) is 5.92 Å². The van der Waals surface area contributed by atoms with Crippen LogP contribution in [-0.2, 0) is 9.53 Å². The van der Waals surface area contributed by atoms with Crippen molar-refractivity contribution in [2.24, 2.45) is 0 Å². The van der Waals surface area contributed by atoms with E-state index < -0.39 is 0 Å². The van der Waals surface area contributed by atoms with Gasteiger partial charge in [-0.1, -0.05) is 0 Å². The van der Waals surface area contributed by atoms with Crippen molar-refractivity contribution in [1.29, 1.82) is 0 Å². The standard InChI is InChI=1S/C8H11NO2/c1-3-8(10)9-5-4-7(6-9)11-2/h1,7H,4-6H2,2H3/t7-/m0/s1. The summed E-state index contributed by atoms with van der Waals surface area (Å²) in [5, 5.41) is 0. The van der Waals surface area contributed by atoms with Crippen LogP contribution < -0.4 is 0 Å². The van der Waals surface area contributed by atoms with Gasteiger partial charge in [0.2, 0.25) is 0 Å². The lowest BCUT2D eigenvalue weighted by Gasteiger charge is -2.11. The van der Waals surface area contributed by atoms with E-state index in [1.807, 2.05) is 0 Å². The van der Waals surface area contributed by atoms with Crippen LogP contribution in [0, 0.1) is 12.3 Å². The average molecular weight is 153 g/mol. The fourth-order valence-corrected chi connectivity index (χ4v) is 1.20. The molecule has 1 aliphatic heterocycles. The smallest absolute Gasteiger partial charge is 0.298 e. The molecule has 0 spiro atoms. The number of methoxy groups -OCH3 is 1. The fourth-order valence-electron chi connectivity index (χ4n) is 1.20. The van der Waals surface area contributed by atoms with Crippen LogP contribution in [-0.4, -0.2) is 37.1 Å². The molecule has 11 heavy (non-hydrogen) atoms. The lowest BCUT2D eigenvalue weighted by molar-refractivity contribution is -0.124. The molecular formula is C8H11NO2. The molecule has 3 heteroatoms. The Morgan fingerprint density at radius 1 is 1.82 bits per heavy atom. The molecule has 0 bridgehead atoms. The largest absolute Gasteiger partial charge is 0.380 e. The van der Waals surface area contributed by atoms with Crippen molar-refractivity contribution >= 4 is 5.91 Å². The summed E-state index contributed by atoms with van der Waals surface area (Å²) in [6.07, 6.45) is 6.02. The highest BCUT2D eigenvalue weighted by Gasteiger charge is 2.24. The Hall–Kier alpha value is -1.01. The summed E-state index contributed by atoms with van der Waals surface area (Å²) in [7, 11) is 1.65. The van der Waals surface area contributed by atoms with Crippen LogP contribution in [0.1, 0.15) is 6.42 Å². The zero-order chi connectivity index (χ0) is 8.27. The molecule has 1 atom stereocenters. The molecule has 1 heterocycles. The summed E-state index contributed by atoms with van der Waals surface area (Å²) in [6.45, 7) is 1.36. The molecule has 0 aliphatic carbocycles. The van der Waals surface area contributed by atoms with Gasteiger partial charge in [-0.25, -0.2) is 0 Å². The molecule has 3 nitrogen and oxygen atoms in total. The summed E-state index contributed by atoms with van der Waals surface area (Å²) >= 11 is 0. The first-order valence-corrected chi connectivity index (χ1v) is 3.56. The summed E-state index contributed by atoms with van der Waals surface area (Å²) in [5.74, 6) is 1.85.